The number of amides is 1. The molecule has 0 aromatic carbocycles. The highest BCUT2D eigenvalue weighted by Gasteiger charge is 2.22. The molecule has 1 amide bonds. The van der Waals surface area contributed by atoms with Crippen molar-refractivity contribution in [2.24, 2.45) is 5.92 Å². The van der Waals surface area contributed by atoms with E-state index in [1.54, 1.807) is 0 Å². The molecule has 1 unspecified atom stereocenters. The summed E-state index contributed by atoms with van der Waals surface area (Å²) in [6, 6.07) is 0. The summed E-state index contributed by atoms with van der Waals surface area (Å²) in [4.78, 5) is 13.5. The minimum Gasteiger partial charge on any atom is -0.342 e. The molecule has 0 aromatic rings. The number of hydrogen-bond donors (Lipinski definition) is 0. The van der Waals surface area contributed by atoms with Crippen LogP contribution in [0.4, 0.5) is 0 Å². The normalized spacial score (nSPS) is 19.0. The fraction of sp³-hybridized carbons (Fsp3) is 0.917. The maximum Gasteiger partial charge on any atom is 0.222 e. The van der Waals surface area contributed by atoms with Gasteiger partial charge in [-0.2, -0.15) is 0 Å². The molecule has 2 nitrogen and oxygen atoms in total. The Morgan fingerprint density at radius 1 is 1.43 bits per heavy atom. The third kappa shape index (κ3) is 3.32. The summed E-state index contributed by atoms with van der Waals surface area (Å²) < 4.78 is 0. The molecule has 0 aromatic heterocycles. The first-order valence-corrected chi connectivity index (χ1v) is 6.05. The van der Waals surface area contributed by atoms with Crippen LogP contribution in [0.2, 0.25) is 0 Å². The van der Waals surface area contributed by atoms with E-state index in [1.165, 1.54) is 25.7 Å². The lowest BCUT2D eigenvalue weighted by Gasteiger charge is -2.22. The molecule has 1 heterocycles. The molecule has 2 heteroatoms. The zero-order valence-electron chi connectivity index (χ0n) is 9.59. The van der Waals surface area contributed by atoms with Crippen LogP contribution in [0.3, 0.4) is 0 Å². The van der Waals surface area contributed by atoms with Gasteiger partial charge in [-0.05, 0) is 18.8 Å². The first-order valence-electron chi connectivity index (χ1n) is 6.05. The van der Waals surface area contributed by atoms with E-state index in [9.17, 15) is 4.79 Å². The molecule has 0 saturated carbocycles. The van der Waals surface area contributed by atoms with E-state index in [0.29, 0.717) is 5.91 Å². The fourth-order valence-corrected chi connectivity index (χ4v) is 2.13. The van der Waals surface area contributed by atoms with Crippen molar-refractivity contribution in [3.8, 4) is 0 Å². The first kappa shape index (κ1) is 11.5. The highest BCUT2D eigenvalue weighted by atomic mass is 16.2. The van der Waals surface area contributed by atoms with E-state index in [4.69, 9.17) is 0 Å². The van der Waals surface area contributed by atoms with Crippen molar-refractivity contribution in [2.75, 3.05) is 13.1 Å². The third-order valence-electron chi connectivity index (χ3n) is 3.19. The second-order valence-corrected chi connectivity index (χ2v) is 4.36. The predicted molar refractivity (Wildman–Crippen MR) is 59.1 cm³/mol. The maximum atomic E-state index is 11.4. The van der Waals surface area contributed by atoms with E-state index in [1.807, 2.05) is 0 Å². The minimum absolute atomic E-state index is 0.375. The highest BCUT2D eigenvalue weighted by Crippen LogP contribution is 2.18. The number of carbonyl (C=O) groups is 1. The van der Waals surface area contributed by atoms with Crippen LogP contribution in [0, 0.1) is 5.92 Å². The molecule has 0 bridgehead atoms. The molecule has 1 saturated heterocycles. The van der Waals surface area contributed by atoms with Crippen molar-refractivity contribution in [3.63, 3.8) is 0 Å². The number of carbonyl (C=O) groups excluding carboxylic acids is 1. The van der Waals surface area contributed by atoms with Crippen LogP contribution in [-0.2, 0) is 4.79 Å². The third-order valence-corrected chi connectivity index (χ3v) is 3.19. The molecule has 0 aliphatic carbocycles. The average molecular weight is 197 g/mol. The Morgan fingerprint density at radius 3 is 2.71 bits per heavy atom. The smallest absolute Gasteiger partial charge is 0.222 e. The predicted octanol–water partition coefficient (Wildman–Crippen LogP) is 2.83. The molecule has 1 aliphatic heterocycles. The van der Waals surface area contributed by atoms with Gasteiger partial charge in [-0.15, -0.1) is 0 Å². The van der Waals surface area contributed by atoms with Gasteiger partial charge < -0.3 is 4.90 Å². The van der Waals surface area contributed by atoms with E-state index in [2.05, 4.69) is 18.7 Å². The monoisotopic (exact) mass is 197 g/mol. The SMILES string of the molecule is CCCCC(CC)CN1CCCC1=O. The summed E-state index contributed by atoms with van der Waals surface area (Å²) in [7, 11) is 0. The highest BCUT2D eigenvalue weighted by molar-refractivity contribution is 5.78. The van der Waals surface area contributed by atoms with Crippen LogP contribution in [0.15, 0.2) is 0 Å². The van der Waals surface area contributed by atoms with Gasteiger partial charge in [0.2, 0.25) is 5.91 Å². The van der Waals surface area contributed by atoms with Gasteiger partial charge in [0, 0.05) is 19.5 Å². The molecule has 1 atom stereocenters. The van der Waals surface area contributed by atoms with Gasteiger partial charge in [0.25, 0.3) is 0 Å². The Kier molecular flexibility index (Phi) is 4.99. The molecule has 0 radical (unpaired) electrons. The largest absolute Gasteiger partial charge is 0.342 e. The molecular weight excluding hydrogens is 174 g/mol. The van der Waals surface area contributed by atoms with Crippen molar-refractivity contribution in [1.82, 2.24) is 4.90 Å². The van der Waals surface area contributed by atoms with E-state index in [0.717, 1.165) is 31.8 Å². The molecule has 0 spiro atoms. The van der Waals surface area contributed by atoms with Crippen molar-refractivity contribution in [3.05, 3.63) is 0 Å². The molecule has 1 aliphatic rings. The van der Waals surface area contributed by atoms with Gasteiger partial charge in [0.05, 0.1) is 0 Å². The standard InChI is InChI=1S/C12H23NO/c1-3-5-7-11(4-2)10-13-9-6-8-12(13)14/h11H,3-10H2,1-2H3. The number of hydrogen-bond acceptors (Lipinski definition) is 1. The van der Waals surface area contributed by atoms with Gasteiger partial charge in [-0.1, -0.05) is 33.1 Å². The summed E-state index contributed by atoms with van der Waals surface area (Å²) in [5.41, 5.74) is 0. The lowest BCUT2D eigenvalue weighted by atomic mass is 9.99. The molecular formula is C12H23NO. The van der Waals surface area contributed by atoms with Gasteiger partial charge >= 0.3 is 0 Å². The topological polar surface area (TPSA) is 20.3 Å². The summed E-state index contributed by atoms with van der Waals surface area (Å²) >= 11 is 0. The van der Waals surface area contributed by atoms with Crippen LogP contribution < -0.4 is 0 Å². The minimum atomic E-state index is 0.375. The number of unbranched alkanes of at least 4 members (excludes halogenated alkanes) is 1. The summed E-state index contributed by atoms with van der Waals surface area (Å²) in [5.74, 6) is 1.11. The van der Waals surface area contributed by atoms with Crippen LogP contribution in [0.25, 0.3) is 0 Å². The van der Waals surface area contributed by atoms with Crippen molar-refractivity contribution in [2.45, 2.75) is 52.4 Å². The molecule has 1 fully saturated rings. The van der Waals surface area contributed by atoms with Crippen molar-refractivity contribution in [1.29, 1.82) is 0 Å². The molecule has 1 rings (SSSR count). The average Bonchev–Trinajstić information content (AvgIpc) is 2.59. The van der Waals surface area contributed by atoms with Gasteiger partial charge in [0.15, 0.2) is 0 Å². The quantitative estimate of drug-likeness (QED) is 0.641. The first-order chi connectivity index (χ1) is 6.77. The van der Waals surface area contributed by atoms with E-state index < -0.39 is 0 Å². The number of rotatable bonds is 6. The summed E-state index contributed by atoms with van der Waals surface area (Å²) in [6.07, 6.45) is 6.93. The Morgan fingerprint density at radius 2 is 2.21 bits per heavy atom. The Labute approximate surface area is 87.7 Å². The fourth-order valence-electron chi connectivity index (χ4n) is 2.13. The Bertz CT molecular complexity index is 179. The maximum absolute atomic E-state index is 11.4. The Hall–Kier alpha value is -0.530. The number of likely N-dealkylation sites (tertiary alicyclic amines) is 1. The van der Waals surface area contributed by atoms with Crippen molar-refractivity contribution < 1.29 is 4.79 Å². The molecule has 0 N–H and O–H groups in total. The van der Waals surface area contributed by atoms with Crippen LogP contribution in [0.5, 0.6) is 0 Å². The second kappa shape index (κ2) is 6.05. The molecule has 14 heavy (non-hydrogen) atoms. The van der Waals surface area contributed by atoms with Crippen molar-refractivity contribution >= 4 is 5.91 Å². The summed E-state index contributed by atoms with van der Waals surface area (Å²) in [6.45, 7) is 6.48. The van der Waals surface area contributed by atoms with Gasteiger partial charge in [-0.3, -0.25) is 4.79 Å². The van der Waals surface area contributed by atoms with E-state index in [-0.39, 0.29) is 0 Å². The number of nitrogens with zero attached hydrogens (tertiary/aromatic N) is 1. The lowest BCUT2D eigenvalue weighted by molar-refractivity contribution is -0.128. The van der Waals surface area contributed by atoms with Crippen LogP contribution in [-0.4, -0.2) is 23.9 Å². The zero-order chi connectivity index (χ0) is 10.4. The summed E-state index contributed by atoms with van der Waals surface area (Å²) in [5, 5.41) is 0. The molecule has 82 valence electrons. The van der Waals surface area contributed by atoms with Gasteiger partial charge in [-0.25, -0.2) is 0 Å². The Balaban J connectivity index is 2.28. The second-order valence-electron chi connectivity index (χ2n) is 4.36. The van der Waals surface area contributed by atoms with Crippen LogP contribution in [0.1, 0.15) is 52.4 Å². The zero-order valence-corrected chi connectivity index (χ0v) is 9.59. The lowest BCUT2D eigenvalue weighted by Crippen LogP contribution is -2.30. The van der Waals surface area contributed by atoms with Gasteiger partial charge in [0.1, 0.15) is 0 Å². The van der Waals surface area contributed by atoms with E-state index >= 15 is 0 Å². The van der Waals surface area contributed by atoms with Crippen LogP contribution >= 0.6 is 0 Å².